The van der Waals surface area contributed by atoms with Crippen LogP contribution in [0.1, 0.15) is 13.8 Å². The van der Waals surface area contributed by atoms with Crippen LogP contribution >= 0.6 is 11.6 Å². The van der Waals surface area contributed by atoms with E-state index in [4.69, 9.17) is 17.3 Å². The van der Waals surface area contributed by atoms with E-state index in [1.165, 1.54) is 30.6 Å². The molecule has 1 aromatic heterocycles. The van der Waals surface area contributed by atoms with Gasteiger partial charge in [-0.25, -0.2) is 9.37 Å². The number of benzene rings is 2. The van der Waals surface area contributed by atoms with Crippen molar-refractivity contribution in [3.8, 4) is 11.1 Å². The molecule has 3 rings (SSSR count). The quantitative estimate of drug-likeness (QED) is 0.234. The topological polar surface area (TPSA) is 117 Å². The van der Waals surface area contributed by atoms with Crippen molar-refractivity contribution < 1.29 is 9.18 Å². The Labute approximate surface area is 208 Å². The molecule has 35 heavy (non-hydrogen) atoms. The second-order valence-corrected chi connectivity index (χ2v) is 7.05. The van der Waals surface area contributed by atoms with Crippen molar-refractivity contribution >= 4 is 46.9 Å². The summed E-state index contributed by atoms with van der Waals surface area (Å²) < 4.78 is 14.6. The van der Waals surface area contributed by atoms with Crippen LogP contribution in [0.3, 0.4) is 0 Å². The molecule has 5 N–H and O–H groups in total. The highest BCUT2D eigenvalue weighted by molar-refractivity contribution is 6.30. The number of allylic oxidation sites excluding steroid dienone is 1. The Kier molecular flexibility index (Phi) is 10.4. The Morgan fingerprint density at radius 2 is 1.89 bits per heavy atom. The maximum Gasteiger partial charge on any atom is 0.247 e. The monoisotopic (exact) mass is 495 g/mol. The Hall–Kier alpha value is -4.24. The lowest BCUT2D eigenvalue weighted by Crippen LogP contribution is -2.10. The van der Waals surface area contributed by atoms with E-state index in [0.717, 1.165) is 11.6 Å². The summed E-state index contributed by atoms with van der Waals surface area (Å²) >= 11 is 6.01. The van der Waals surface area contributed by atoms with Gasteiger partial charge in [0, 0.05) is 41.9 Å². The molecule has 0 saturated heterocycles. The van der Waals surface area contributed by atoms with Crippen molar-refractivity contribution in [2.45, 2.75) is 13.8 Å². The Bertz CT molecular complexity index is 1230. The minimum Gasteiger partial charge on any atom is -0.403 e. The summed E-state index contributed by atoms with van der Waals surface area (Å²) in [4.78, 5) is 24.3. The van der Waals surface area contributed by atoms with Crippen molar-refractivity contribution in [2.24, 2.45) is 10.7 Å². The molecule has 1 heterocycles. The summed E-state index contributed by atoms with van der Waals surface area (Å²) in [6, 6.07) is 11.2. The molecule has 0 aliphatic rings. The highest BCUT2D eigenvalue weighted by Crippen LogP contribution is 2.32. The molecule has 0 fully saturated rings. The number of hydrogen-bond acceptors (Lipinski definition) is 7. The van der Waals surface area contributed by atoms with Gasteiger partial charge in [0.15, 0.2) is 0 Å². The normalized spacial score (nSPS) is 10.8. The molecule has 2 aromatic carbocycles. The molecular formula is C25H27ClFN7O. The number of amides is 1. The lowest BCUT2D eigenvalue weighted by Gasteiger charge is -2.15. The van der Waals surface area contributed by atoms with Gasteiger partial charge in [-0.3, -0.25) is 9.79 Å². The lowest BCUT2D eigenvalue weighted by atomic mass is 10.1. The first-order chi connectivity index (χ1) is 16.9. The predicted molar refractivity (Wildman–Crippen MR) is 143 cm³/mol. The number of nitrogens with zero attached hydrogens (tertiary/aromatic N) is 3. The van der Waals surface area contributed by atoms with E-state index in [2.05, 4.69) is 37.5 Å². The number of aromatic nitrogens is 2. The van der Waals surface area contributed by atoms with Crippen LogP contribution in [0.5, 0.6) is 0 Å². The molecule has 0 unspecified atom stereocenters. The molecule has 1 amide bonds. The van der Waals surface area contributed by atoms with E-state index >= 15 is 0 Å². The van der Waals surface area contributed by atoms with Crippen molar-refractivity contribution in [1.82, 2.24) is 9.97 Å². The van der Waals surface area contributed by atoms with Crippen LogP contribution in [0.2, 0.25) is 5.02 Å². The zero-order chi connectivity index (χ0) is 25.8. The van der Waals surface area contributed by atoms with E-state index in [1.54, 1.807) is 37.5 Å². The van der Waals surface area contributed by atoms with Crippen molar-refractivity contribution in [2.75, 3.05) is 23.0 Å². The van der Waals surface area contributed by atoms with Gasteiger partial charge in [-0.15, -0.1) is 0 Å². The maximum absolute atomic E-state index is 14.6. The van der Waals surface area contributed by atoms with Gasteiger partial charge in [0.2, 0.25) is 11.9 Å². The summed E-state index contributed by atoms with van der Waals surface area (Å²) in [5, 5.41) is 9.10. The second-order valence-electron chi connectivity index (χ2n) is 6.61. The van der Waals surface area contributed by atoms with Crippen LogP contribution in [0.25, 0.3) is 11.1 Å². The molecule has 10 heteroatoms. The standard InChI is InChI=1S/C23H21ClFN7O.C2H6/c1-3-21(33)29-16-8-9-19(25)20(10-16)31-22-18(14-4-6-15(24)7-5-14)13-28-23(32-22)30-17(11-26)12-27-2;1-2/h3-13H,1,26H2,2H3,(H,29,33)(H2,28,30,31,32);1-2H3/b17-11+,27-12?;. The summed E-state index contributed by atoms with van der Waals surface area (Å²) in [5.41, 5.74) is 7.92. The summed E-state index contributed by atoms with van der Waals surface area (Å²) in [5.74, 6) is -0.432. The van der Waals surface area contributed by atoms with Crippen LogP contribution in [-0.2, 0) is 4.79 Å². The molecule has 3 aromatic rings. The number of carbonyl (C=O) groups excluding carboxylic acids is 1. The first-order valence-electron chi connectivity index (χ1n) is 10.7. The van der Waals surface area contributed by atoms with Crippen LogP contribution < -0.4 is 21.7 Å². The third-order valence-electron chi connectivity index (χ3n) is 4.32. The van der Waals surface area contributed by atoms with Gasteiger partial charge in [-0.2, -0.15) is 4.98 Å². The number of anilines is 4. The van der Waals surface area contributed by atoms with Crippen molar-refractivity contribution in [3.05, 3.63) is 84.1 Å². The Morgan fingerprint density at radius 3 is 2.51 bits per heavy atom. The fourth-order valence-electron chi connectivity index (χ4n) is 2.78. The number of nitrogens with two attached hydrogens (primary N) is 1. The minimum atomic E-state index is -0.539. The second kappa shape index (κ2) is 13.5. The van der Waals surface area contributed by atoms with Gasteiger partial charge >= 0.3 is 0 Å². The molecule has 0 aliphatic heterocycles. The van der Waals surface area contributed by atoms with Gasteiger partial charge in [-0.05, 0) is 42.0 Å². The van der Waals surface area contributed by atoms with Gasteiger partial charge in [-0.1, -0.05) is 44.2 Å². The third-order valence-corrected chi connectivity index (χ3v) is 4.57. The van der Waals surface area contributed by atoms with Crippen molar-refractivity contribution in [1.29, 1.82) is 0 Å². The fourth-order valence-corrected chi connectivity index (χ4v) is 2.91. The van der Waals surface area contributed by atoms with E-state index in [1.807, 2.05) is 13.8 Å². The Balaban J connectivity index is 0.00000210. The minimum absolute atomic E-state index is 0.0986. The van der Waals surface area contributed by atoms with Crippen molar-refractivity contribution in [3.63, 3.8) is 0 Å². The molecule has 0 saturated carbocycles. The maximum atomic E-state index is 14.6. The summed E-state index contributed by atoms with van der Waals surface area (Å²) in [6.07, 6.45) is 5.54. The Morgan fingerprint density at radius 1 is 1.17 bits per heavy atom. The summed E-state index contributed by atoms with van der Waals surface area (Å²) in [6.45, 7) is 7.41. The first-order valence-corrected chi connectivity index (χ1v) is 11.1. The number of aliphatic imine (C=N–C) groups is 1. The van der Waals surface area contributed by atoms with E-state index < -0.39 is 11.7 Å². The van der Waals surface area contributed by atoms with Crippen LogP contribution in [0, 0.1) is 5.82 Å². The SMILES string of the molecule is C=CC(=O)Nc1ccc(F)c(Nc2nc(N/C(C=NC)=C/N)ncc2-c2ccc(Cl)cc2)c1.CC. The molecule has 0 spiro atoms. The third kappa shape index (κ3) is 7.65. The molecule has 0 aliphatic carbocycles. The zero-order valence-electron chi connectivity index (χ0n) is 19.6. The van der Waals surface area contributed by atoms with Gasteiger partial charge in [0.25, 0.3) is 0 Å². The highest BCUT2D eigenvalue weighted by Gasteiger charge is 2.14. The number of hydrogen-bond donors (Lipinski definition) is 4. The van der Waals surface area contributed by atoms with Gasteiger partial charge < -0.3 is 21.7 Å². The fraction of sp³-hybridized carbons (Fsp3) is 0.120. The number of rotatable bonds is 8. The summed E-state index contributed by atoms with van der Waals surface area (Å²) in [7, 11) is 1.60. The molecule has 8 nitrogen and oxygen atoms in total. The molecular weight excluding hydrogens is 469 g/mol. The number of carbonyl (C=O) groups is 1. The van der Waals surface area contributed by atoms with Gasteiger partial charge in [0.05, 0.1) is 11.4 Å². The number of halogens is 2. The molecule has 0 atom stereocenters. The molecule has 0 radical (unpaired) electrons. The van der Waals surface area contributed by atoms with E-state index in [0.29, 0.717) is 27.8 Å². The lowest BCUT2D eigenvalue weighted by molar-refractivity contribution is -0.111. The molecule has 182 valence electrons. The van der Waals surface area contributed by atoms with Crippen LogP contribution in [0.4, 0.5) is 27.5 Å². The first kappa shape index (κ1) is 27.0. The predicted octanol–water partition coefficient (Wildman–Crippen LogP) is 5.74. The smallest absolute Gasteiger partial charge is 0.247 e. The van der Waals surface area contributed by atoms with E-state index in [-0.39, 0.29) is 11.6 Å². The number of nitrogens with one attached hydrogen (secondary N) is 3. The molecule has 0 bridgehead atoms. The highest BCUT2D eigenvalue weighted by atomic mass is 35.5. The van der Waals surface area contributed by atoms with Crippen LogP contribution in [0.15, 0.2) is 78.2 Å². The zero-order valence-corrected chi connectivity index (χ0v) is 20.4. The van der Waals surface area contributed by atoms with Gasteiger partial charge in [0.1, 0.15) is 11.6 Å². The van der Waals surface area contributed by atoms with E-state index in [9.17, 15) is 9.18 Å². The van der Waals surface area contributed by atoms with Crippen LogP contribution in [-0.4, -0.2) is 29.1 Å². The average molecular weight is 496 g/mol. The largest absolute Gasteiger partial charge is 0.403 e. The average Bonchev–Trinajstić information content (AvgIpc) is 2.87.